The molecule has 1 amide bonds. The van der Waals surface area contributed by atoms with Crippen LogP contribution in [-0.2, 0) is 23.7 Å². The lowest BCUT2D eigenvalue weighted by atomic mass is 9.92. The standard InChI is InChI=1S/C17H30N4O7/c1-9(23)19-13(11(20-21-18)6-10(24)7-22)15-14(27-17(4,5)28-15)12-8-25-16(2,3)26-12/h10-15,22,24H,6-8H2,1-5H3,(H,19,23)/t10?,11-,12+,13+,14+,15+/m0/s1. The molecule has 2 saturated heterocycles. The van der Waals surface area contributed by atoms with Crippen molar-refractivity contribution >= 4 is 5.91 Å². The first-order chi connectivity index (χ1) is 13.0. The van der Waals surface area contributed by atoms with Gasteiger partial charge in [-0.3, -0.25) is 4.79 Å². The molecule has 0 spiro atoms. The average Bonchev–Trinajstić information content (AvgIpc) is 3.10. The fraction of sp³-hybridized carbons (Fsp3) is 0.941. The van der Waals surface area contributed by atoms with Crippen molar-refractivity contribution in [1.82, 2.24) is 5.32 Å². The van der Waals surface area contributed by atoms with Crippen LogP contribution in [-0.4, -0.2) is 77.4 Å². The Hall–Kier alpha value is -1.46. The van der Waals surface area contributed by atoms with Gasteiger partial charge in [0.05, 0.1) is 31.4 Å². The lowest BCUT2D eigenvalue weighted by molar-refractivity contribution is -0.175. The van der Waals surface area contributed by atoms with Crippen LogP contribution in [0.1, 0.15) is 41.0 Å². The van der Waals surface area contributed by atoms with Gasteiger partial charge in [0.15, 0.2) is 11.6 Å². The maximum atomic E-state index is 11.9. The van der Waals surface area contributed by atoms with E-state index in [4.69, 9.17) is 24.5 Å². The summed E-state index contributed by atoms with van der Waals surface area (Å²) in [7, 11) is 0. The van der Waals surface area contributed by atoms with Crippen molar-refractivity contribution in [2.45, 2.75) is 89.1 Å². The molecule has 11 nitrogen and oxygen atoms in total. The van der Waals surface area contributed by atoms with E-state index in [0.717, 1.165) is 0 Å². The Labute approximate surface area is 163 Å². The van der Waals surface area contributed by atoms with Crippen LogP contribution < -0.4 is 5.32 Å². The third-order valence-electron chi connectivity index (χ3n) is 4.62. The number of nitrogens with zero attached hydrogens (tertiary/aromatic N) is 3. The fourth-order valence-electron chi connectivity index (χ4n) is 3.58. The van der Waals surface area contributed by atoms with Crippen LogP contribution in [0.3, 0.4) is 0 Å². The van der Waals surface area contributed by atoms with E-state index in [1.54, 1.807) is 27.7 Å². The lowest BCUT2D eigenvalue weighted by Gasteiger charge is -2.33. The van der Waals surface area contributed by atoms with E-state index < -0.39 is 54.7 Å². The minimum Gasteiger partial charge on any atom is -0.394 e. The van der Waals surface area contributed by atoms with Crippen LogP contribution in [0.4, 0.5) is 0 Å². The Balaban J connectivity index is 2.34. The third-order valence-corrected chi connectivity index (χ3v) is 4.62. The zero-order chi connectivity index (χ0) is 21.1. The van der Waals surface area contributed by atoms with Gasteiger partial charge in [0.25, 0.3) is 0 Å². The highest BCUT2D eigenvalue weighted by Crippen LogP contribution is 2.38. The quantitative estimate of drug-likeness (QED) is 0.305. The monoisotopic (exact) mass is 402 g/mol. The first kappa shape index (κ1) is 22.8. The number of aliphatic hydroxyl groups excluding tert-OH is 2. The summed E-state index contributed by atoms with van der Waals surface area (Å²) in [5, 5.41) is 25.5. The number of carbonyl (C=O) groups is 1. The smallest absolute Gasteiger partial charge is 0.217 e. The molecule has 2 aliphatic heterocycles. The number of amides is 1. The predicted octanol–water partition coefficient (Wildman–Crippen LogP) is 0.585. The summed E-state index contributed by atoms with van der Waals surface area (Å²) in [4.78, 5) is 14.7. The molecule has 1 unspecified atom stereocenters. The zero-order valence-electron chi connectivity index (χ0n) is 16.9. The first-order valence-electron chi connectivity index (χ1n) is 9.25. The van der Waals surface area contributed by atoms with Crippen LogP contribution >= 0.6 is 0 Å². The molecule has 2 rings (SSSR count). The van der Waals surface area contributed by atoms with Gasteiger partial charge in [-0.2, -0.15) is 0 Å². The van der Waals surface area contributed by atoms with Crippen LogP contribution in [0.25, 0.3) is 10.4 Å². The largest absolute Gasteiger partial charge is 0.394 e. The van der Waals surface area contributed by atoms with Gasteiger partial charge >= 0.3 is 0 Å². The Morgan fingerprint density at radius 1 is 1.29 bits per heavy atom. The van der Waals surface area contributed by atoms with E-state index >= 15 is 0 Å². The summed E-state index contributed by atoms with van der Waals surface area (Å²) in [6, 6.07) is -1.69. The molecule has 0 bridgehead atoms. The minimum absolute atomic E-state index is 0.0635. The Morgan fingerprint density at radius 2 is 1.96 bits per heavy atom. The molecule has 160 valence electrons. The van der Waals surface area contributed by atoms with Crippen LogP contribution in [0, 0.1) is 0 Å². The van der Waals surface area contributed by atoms with Crippen molar-refractivity contribution in [3.05, 3.63) is 10.4 Å². The number of ether oxygens (including phenoxy) is 4. The highest BCUT2D eigenvalue weighted by atomic mass is 16.8. The SMILES string of the molecule is CC(=O)N[C@@H]([C@H]1OC(C)(C)O[C@@H]1[C@H]1COC(C)(C)O1)[C@H](CC(O)CO)N=[N+]=[N-]. The van der Waals surface area contributed by atoms with Gasteiger partial charge in [0.1, 0.15) is 18.3 Å². The second-order valence-corrected chi connectivity index (χ2v) is 8.00. The van der Waals surface area contributed by atoms with Crippen molar-refractivity contribution in [1.29, 1.82) is 0 Å². The molecule has 0 aromatic carbocycles. The molecule has 28 heavy (non-hydrogen) atoms. The van der Waals surface area contributed by atoms with Gasteiger partial charge in [-0.1, -0.05) is 5.11 Å². The Kier molecular flexibility index (Phi) is 7.27. The molecule has 0 radical (unpaired) electrons. The number of nitrogens with one attached hydrogen (secondary N) is 1. The van der Waals surface area contributed by atoms with E-state index in [9.17, 15) is 15.0 Å². The molecule has 0 aromatic rings. The van der Waals surface area contributed by atoms with Crippen molar-refractivity contribution in [3.63, 3.8) is 0 Å². The second kappa shape index (κ2) is 8.91. The summed E-state index contributed by atoms with van der Waals surface area (Å²) < 4.78 is 23.6. The maximum absolute atomic E-state index is 11.9. The van der Waals surface area contributed by atoms with Crippen LogP contribution in [0.15, 0.2) is 5.11 Å². The van der Waals surface area contributed by atoms with Gasteiger partial charge in [0.2, 0.25) is 5.91 Å². The molecule has 3 N–H and O–H groups in total. The van der Waals surface area contributed by atoms with Gasteiger partial charge in [0, 0.05) is 11.8 Å². The Morgan fingerprint density at radius 3 is 2.46 bits per heavy atom. The van der Waals surface area contributed by atoms with E-state index in [1.165, 1.54) is 6.92 Å². The van der Waals surface area contributed by atoms with Crippen molar-refractivity contribution in [2.75, 3.05) is 13.2 Å². The zero-order valence-corrected chi connectivity index (χ0v) is 16.9. The third kappa shape index (κ3) is 5.77. The molecule has 11 heteroatoms. The molecular formula is C17H30N4O7. The van der Waals surface area contributed by atoms with E-state index in [-0.39, 0.29) is 18.9 Å². The highest BCUT2D eigenvalue weighted by Gasteiger charge is 2.53. The fourth-order valence-corrected chi connectivity index (χ4v) is 3.58. The molecule has 2 heterocycles. The summed E-state index contributed by atoms with van der Waals surface area (Å²) in [6.45, 7) is 8.13. The number of hydrogen-bond acceptors (Lipinski definition) is 8. The maximum Gasteiger partial charge on any atom is 0.217 e. The molecule has 0 saturated carbocycles. The number of hydrogen-bond donors (Lipinski definition) is 3. The topological polar surface area (TPSA) is 155 Å². The van der Waals surface area contributed by atoms with E-state index in [2.05, 4.69) is 15.3 Å². The molecule has 6 atom stereocenters. The predicted molar refractivity (Wildman–Crippen MR) is 97.0 cm³/mol. The summed E-state index contributed by atoms with van der Waals surface area (Å²) in [6.07, 6.45) is -3.00. The lowest BCUT2D eigenvalue weighted by Crippen LogP contribution is -2.56. The van der Waals surface area contributed by atoms with Crippen LogP contribution in [0.2, 0.25) is 0 Å². The molecular weight excluding hydrogens is 372 g/mol. The van der Waals surface area contributed by atoms with Gasteiger partial charge in [-0.05, 0) is 39.6 Å². The molecule has 0 aliphatic carbocycles. The highest BCUT2D eigenvalue weighted by molar-refractivity contribution is 5.73. The second-order valence-electron chi connectivity index (χ2n) is 8.00. The molecule has 0 aromatic heterocycles. The van der Waals surface area contributed by atoms with E-state index in [1.807, 2.05) is 0 Å². The number of azide groups is 1. The van der Waals surface area contributed by atoms with Gasteiger partial charge in [-0.25, -0.2) is 0 Å². The van der Waals surface area contributed by atoms with E-state index in [0.29, 0.717) is 0 Å². The van der Waals surface area contributed by atoms with Crippen molar-refractivity contribution in [2.24, 2.45) is 5.11 Å². The normalized spacial score (nSPS) is 31.6. The minimum atomic E-state index is -1.12. The number of rotatable bonds is 8. The molecule has 2 fully saturated rings. The number of carbonyl (C=O) groups excluding carboxylic acids is 1. The summed E-state index contributed by atoms with van der Waals surface area (Å²) >= 11 is 0. The van der Waals surface area contributed by atoms with Gasteiger partial charge in [-0.15, -0.1) is 0 Å². The van der Waals surface area contributed by atoms with Gasteiger partial charge < -0.3 is 34.5 Å². The van der Waals surface area contributed by atoms with Crippen LogP contribution in [0.5, 0.6) is 0 Å². The van der Waals surface area contributed by atoms with Crippen molar-refractivity contribution in [3.8, 4) is 0 Å². The average molecular weight is 402 g/mol. The first-order valence-corrected chi connectivity index (χ1v) is 9.25. The van der Waals surface area contributed by atoms with Crippen molar-refractivity contribution < 1.29 is 34.0 Å². The summed E-state index contributed by atoms with van der Waals surface area (Å²) in [5.41, 5.74) is 8.98. The summed E-state index contributed by atoms with van der Waals surface area (Å²) in [5.74, 6) is -2.12. The Bertz CT molecular complexity index is 608. The number of aliphatic hydroxyl groups is 2. The molecule has 2 aliphatic rings.